The van der Waals surface area contributed by atoms with E-state index in [-0.39, 0.29) is 11.7 Å². The highest BCUT2D eigenvalue weighted by molar-refractivity contribution is 6.07. The summed E-state index contributed by atoms with van der Waals surface area (Å²) in [6, 6.07) is 28.3. The molecular formula is C28H29NO2. The number of hydrogen-bond donors (Lipinski definition) is 0. The summed E-state index contributed by atoms with van der Waals surface area (Å²) in [6.45, 7) is 2.61. The predicted octanol–water partition coefficient (Wildman–Crippen LogP) is 5.86. The van der Waals surface area contributed by atoms with Crippen molar-refractivity contribution in [1.82, 2.24) is 0 Å². The number of carbonyl (C=O) groups is 2. The van der Waals surface area contributed by atoms with Gasteiger partial charge in [-0.15, -0.1) is 0 Å². The van der Waals surface area contributed by atoms with Crippen LogP contribution in [0, 0.1) is 0 Å². The van der Waals surface area contributed by atoms with E-state index in [0.717, 1.165) is 29.7 Å². The van der Waals surface area contributed by atoms with Crippen LogP contribution in [0.15, 0.2) is 84.9 Å². The zero-order chi connectivity index (χ0) is 21.7. The topological polar surface area (TPSA) is 37.4 Å². The molecule has 0 aromatic heterocycles. The van der Waals surface area contributed by atoms with Crippen LogP contribution in [0.5, 0.6) is 0 Å². The number of Topliss-reactive ketones (excluding diaryl/α,β-unsaturated/α-hetero) is 1. The van der Waals surface area contributed by atoms with E-state index in [2.05, 4.69) is 30.3 Å². The zero-order valence-electron chi connectivity index (χ0n) is 18.1. The third kappa shape index (κ3) is 4.61. The van der Waals surface area contributed by atoms with Gasteiger partial charge in [0.2, 0.25) is 5.91 Å². The van der Waals surface area contributed by atoms with Crippen molar-refractivity contribution in [2.75, 3.05) is 4.90 Å². The van der Waals surface area contributed by atoms with E-state index in [9.17, 15) is 9.59 Å². The molecule has 3 aromatic rings. The van der Waals surface area contributed by atoms with E-state index in [1.807, 2.05) is 66.4 Å². The van der Waals surface area contributed by atoms with Crippen molar-refractivity contribution in [3.63, 3.8) is 0 Å². The molecule has 158 valence electrons. The second-order valence-electron chi connectivity index (χ2n) is 8.60. The molecule has 0 spiro atoms. The SMILES string of the molecule is C[C@]1(CCCC(=O)CCc2ccccc2)C(=O)N(Cc2ccccc2)c2ccccc21. The molecule has 0 saturated carbocycles. The van der Waals surface area contributed by atoms with E-state index in [1.165, 1.54) is 5.56 Å². The number of para-hydroxylation sites is 1. The molecule has 1 atom stereocenters. The number of hydrogen-bond acceptors (Lipinski definition) is 2. The minimum atomic E-state index is -0.578. The average Bonchev–Trinajstić information content (AvgIpc) is 3.01. The van der Waals surface area contributed by atoms with Crippen molar-refractivity contribution in [1.29, 1.82) is 0 Å². The summed E-state index contributed by atoms with van der Waals surface area (Å²) in [6.07, 6.45) is 3.28. The van der Waals surface area contributed by atoms with E-state index in [1.54, 1.807) is 0 Å². The zero-order valence-corrected chi connectivity index (χ0v) is 18.1. The van der Waals surface area contributed by atoms with Gasteiger partial charge in [0.1, 0.15) is 5.78 Å². The van der Waals surface area contributed by atoms with Gasteiger partial charge in [-0.2, -0.15) is 0 Å². The highest BCUT2D eigenvalue weighted by Gasteiger charge is 2.46. The number of nitrogens with zero attached hydrogens (tertiary/aromatic N) is 1. The maximum atomic E-state index is 13.5. The molecule has 3 nitrogen and oxygen atoms in total. The average molecular weight is 412 g/mol. The fraction of sp³-hybridized carbons (Fsp3) is 0.286. The molecule has 4 rings (SSSR count). The molecule has 0 aliphatic carbocycles. The van der Waals surface area contributed by atoms with E-state index in [4.69, 9.17) is 0 Å². The largest absolute Gasteiger partial charge is 0.307 e. The van der Waals surface area contributed by atoms with Gasteiger partial charge in [0.25, 0.3) is 0 Å². The lowest BCUT2D eigenvalue weighted by molar-refractivity contribution is -0.124. The normalized spacial score (nSPS) is 17.6. The molecule has 0 N–H and O–H groups in total. The Morgan fingerprint density at radius 2 is 1.42 bits per heavy atom. The summed E-state index contributed by atoms with van der Waals surface area (Å²) in [7, 11) is 0. The van der Waals surface area contributed by atoms with Crippen molar-refractivity contribution in [3.8, 4) is 0 Å². The Bertz CT molecular complexity index is 1040. The molecular weight excluding hydrogens is 382 g/mol. The molecule has 0 radical (unpaired) electrons. The third-order valence-electron chi connectivity index (χ3n) is 6.36. The summed E-state index contributed by atoms with van der Waals surface area (Å²) < 4.78 is 0. The molecule has 0 unspecified atom stereocenters. The van der Waals surface area contributed by atoms with Gasteiger partial charge in [0.15, 0.2) is 0 Å². The number of benzene rings is 3. The van der Waals surface area contributed by atoms with Crippen LogP contribution in [0.4, 0.5) is 5.69 Å². The first kappa shape index (κ1) is 21.0. The van der Waals surface area contributed by atoms with E-state index < -0.39 is 5.41 Å². The molecule has 31 heavy (non-hydrogen) atoms. The fourth-order valence-electron chi connectivity index (χ4n) is 4.56. The number of amides is 1. The molecule has 3 aromatic carbocycles. The first-order valence-electron chi connectivity index (χ1n) is 11.1. The molecule has 1 amide bonds. The van der Waals surface area contributed by atoms with Gasteiger partial charge in [-0.1, -0.05) is 78.9 Å². The van der Waals surface area contributed by atoms with Gasteiger partial charge >= 0.3 is 0 Å². The van der Waals surface area contributed by atoms with Gasteiger partial charge < -0.3 is 4.90 Å². The number of fused-ring (bicyclic) bond motifs is 1. The van der Waals surface area contributed by atoms with Crippen LogP contribution in [0.25, 0.3) is 0 Å². The standard InChI is InChI=1S/C28H29NO2/c1-28(20-10-15-24(30)19-18-22-11-4-2-5-12-22)25-16-8-9-17-26(25)29(27(28)31)21-23-13-6-3-7-14-23/h2-9,11-14,16-17H,10,15,18-21H2,1H3/t28-/m1/s1. The Labute approximate surface area is 184 Å². The van der Waals surface area contributed by atoms with Gasteiger partial charge in [-0.05, 0) is 48.9 Å². The van der Waals surface area contributed by atoms with Crippen LogP contribution in [0.3, 0.4) is 0 Å². The Morgan fingerprint density at radius 1 is 0.806 bits per heavy atom. The molecule has 0 bridgehead atoms. The Morgan fingerprint density at radius 3 is 2.13 bits per heavy atom. The lowest BCUT2D eigenvalue weighted by Gasteiger charge is -2.24. The minimum absolute atomic E-state index is 0.134. The minimum Gasteiger partial charge on any atom is -0.307 e. The van der Waals surface area contributed by atoms with Gasteiger partial charge in [0.05, 0.1) is 12.0 Å². The van der Waals surface area contributed by atoms with Crippen LogP contribution in [0.2, 0.25) is 0 Å². The monoisotopic (exact) mass is 411 g/mol. The maximum absolute atomic E-state index is 13.5. The highest BCUT2D eigenvalue weighted by atomic mass is 16.2. The Balaban J connectivity index is 1.40. The number of carbonyl (C=O) groups excluding carboxylic acids is 2. The summed E-state index contributed by atoms with van der Waals surface area (Å²) in [5, 5.41) is 0. The molecule has 3 heteroatoms. The summed E-state index contributed by atoms with van der Waals surface area (Å²) in [4.78, 5) is 27.9. The van der Waals surface area contributed by atoms with Crippen molar-refractivity contribution in [2.24, 2.45) is 0 Å². The van der Waals surface area contributed by atoms with Crippen molar-refractivity contribution in [2.45, 2.75) is 51.0 Å². The maximum Gasteiger partial charge on any atom is 0.237 e. The van der Waals surface area contributed by atoms with Crippen molar-refractivity contribution < 1.29 is 9.59 Å². The summed E-state index contributed by atoms with van der Waals surface area (Å²) in [5.74, 6) is 0.404. The van der Waals surface area contributed by atoms with Crippen LogP contribution in [0.1, 0.15) is 49.3 Å². The summed E-state index contributed by atoms with van der Waals surface area (Å²) in [5.41, 5.74) is 3.80. The second-order valence-corrected chi connectivity index (χ2v) is 8.60. The first-order valence-corrected chi connectivity index (χ1v) is 11.1. The number of ketones is 1. The van der Waals surface area contributed by atoms with Crippen LogP contribution in [-0.2, 0) is 28.0 Å². The molecule has 1 aliphatic rings. The second kappa shape index (κ2) is 9.30. The Kier molecular flexibility index (Phi) is 6.31. The smallest absolute Gasteiger partial charge is 0.237 e. The van der Waals surface area contributed by atoms with Crippen molar-refractivity contribution >= 4 is 17.4 Å². The molecule has 1 heterocycles. The quantitative estimate of drug-likeness (QED) is 0.442. The highest BCUT2D eigenvalue weighted by Crippen LogP contribution is 2.45. The van der Waals surface area contributed by atoms with Crippen molar-refractivity contribution in [3.05, 3.63) is 102 Å². The number of anilines is 1. The molecule has 1 aliphatic heterocycles. The number of aryl methyl sites for hydroxylation is 1. The van der Waals surface area contributed by atoms with Crippen LogP contribution < -0.4 is 4.90 Å². The number of rotatable bonds is 9. The molecule has 0 fully saturated rings. The van der Waals surface area contributed by atoms with Gasteiger partial charge in [-0.3, -0.25) is 9.59 Å². The fourth-order valence-corrected chi connectivity index (χ4v) is 4.56. The molecule has 0 saturated heterocycles. The van der Waals surface area contributed by atoms with E-state index in [0.29, 0.717) is 25.8 Å². The predicted molar refractivity (Wildman–Crippen MR) is 125 cm³/mol. The van der Waals surface area contributed by atoms with Crippen LogP contribution >= 0.6 is 0 Å². The first-order chi connectivity index (χ1) is 15.1. The lowest BCUT2D eigenvalue weighted by atomic mass is 9.79. The lowest BCUT2D eigenvalue weighted by Crippen LogP contribution is -2.38. The van der Waals surface area contributed by atoms with Crippen LogP contribution in [-0.4, -0.2) is 11.7 Å². The van der Waals surface area contributed by atoms with E-state index >= 15 is 0 Å². The Hall–Kier alpha value is -3.20. The van der Waals surface area contributed by atoms with Gasteiger partial charge in [-0.25, -0.2) is 0 Å². The third-order valence-corrected chi connectivity index (χ3v) is 6.36. The van der Waals surface area contributed by atoms with Gasteiger partial charge in [0, 0.05) is 18.5 Å². The summed E-state index contributed by atoms with van der Waals surface area (Å²) >= 11 is 0.